The lowest BCUT2D eigenvalue weighted by molar-refractivity contribution is -0.140. The van der Waals surface area contributed by atoms with Gasteiger partial charge in [-0.2, -0.15) is 0 Å². The summed E-state index contributed by atoms with van der Waals surface area (Å²) in [5, 5.41) is 67.5. The molecule has 0 aliphatic carbocycles. The van der Waals surface area contributed by atoms with Crippen molar-refractivity contribution < 1.29 is 92.0 Å². The van der Waals surface area contributed by atoms with Gasteiger partial charge in [-0.1, -0.05) is 150 Å². The molecule has 0 saturated carbocycles. The number of phenolic OH excluding ortho intramolecular Hbond substituents is 1. The molecule has 0 radical (unpaired) electrons. The molecule has 35 nitrogen and oxygen atoms in total. The molecule has 1 aliphatic rings. The summed E-state index contributed by atoms with van der Waals surface area (Å²) in [5.74, 6) is -16.1. The molecule has 0 saturated heterocycles. The van der Waals surface area contributed by atoms with Crippen molar-refractivity contribution in [3.05, 3.63) is 150 Å². The van der Waals surface area contributed by atoms with Gasteiger partial charge in [-0.15, -0.1) is 0 Å². The van der Waals surface area contributed by atoms with E-state index >= 15 is 24.0 Å². The van der Waals surface area contributed by atoms with Crippen molar-refractivity contribution in [2.24, 2.45) is 29.2 Å². The Bertz CT molecular complexity index is 4600. The molecule has 0 bridgehead atoms. The average molecular weight is 1750 g/mol. The number of aromatic nitrogens is 1. The first kappa shape index (κ1) is 103. The number of hydrogen-bond acceptors (Lipinski definition) is 20. The Kier molecular flexibility index (Phi) is 40.7. The van der Waals surface area contributed by atoms with Gasteiger partial charge in [0.05, 0.1) is 30.7 Å². The number of para-hydroxylation sites is 1. The van der Waals surface area contributed by atoms with E-state index in [-0.39, 0.29) is 94.8 Å². The van der Waals surface area contributed by atoms with Crippen molar-refractivity contribution in [3.8, 4) is 5.75 Å². The third kappa shape index (κ3) is 33.0. The number of carbonyl (C=O) groups is 16. The van der Waals surface area contributed by atoms with Crippen LogP contribution >= 0.6 is 0 Å². The second-order valence-electron chi connectivity index (χ2n) is 33.9. The number of phenols is 1. The van der Waals surface area contributed by atoms with Crippen molar-refractivity contribution >= 4 is 105 Å². The average Bonchev–Trinajstić information content (AvgIpc) is 1.36. The topological polar surface area (TPSA) is 558 Å². The van der Waals surface area contributed by atoms with Crippen LogP contribution in [0.25, 0.3) is 10.9 Å². The highest BCUT2D eigenvalue weighted by Crippen LogP contribution is 2.25. The maximum absolute atomic E-state index is 15.3. The van der Waals surface area contributed by atoms with E-state index in [0.717, 1.165) is 0 Å². The third-order valence-corrected chi connectivity index (χ3v) is 21.9. The van der Waals surface area contributed by atoms with Crippen LogP contribution in [-0.2, 0) is 102 Å². The van der Waals surface area contributed by atoms with E-state index in [2.05, 4.69) is 74.1 Å². The van der Waals surface area contributed by atoms with Crippen LogP contribution in [0.2, 0.25) is 0 Å². The van der Waals surface area contributed by atoms with E-state index in [1.807, 2.05) is 39.8 Å². The SMILES string of the molecule is CC(=O)N[C@@H](CC(C)C)C(=O)N[C@H](C(=O)N[C@@H](Cc1ccccc1)C(=O)N[C@]1(C)CCCCCCC=CCCC[C@@](C)(C(=O)NC(CO)C(=O)N[C@@H](C)C(=O)NC(Cc2ccccc2)C(N)=O)NC(=O)[C@H](CC(C)C)CN[C@@H](CCC(N)=O)C(=O)C(=O)[C@H](C)NC(=O)[C@H](Cc2c[nH]c3ccccc23)NC(=O)[C@H](Cc2ccc(O)cc2)NC(=O)C(C)NC1=O)[C@@H](C)O. The number of rotatable bonds is 31. The van der Waals surface area contributed by atoms with Crippen LogP contribution in [0, 0.1) is 17.8 Å². The van der Waals surface area contributed by atoms with Crippen molar-refractivity contribution in [2.45, 2.75) is 269 Å². The van der Waals surface area contributed by atoms with Crippen molar-refractivity contribution in [1.29, 1.82) is 0 Å². The lowest BCUT2D eigenvalue weighted by atomic mass is 9.89. The largest absolute Gasteiger partial charge is 0.508 e. The highest BCUT2D eigenvalue weighted by Gasteiger charge is 2.43. The van der Waals surface area contributed by atoms with E-state index in [4.69, 9.17) is 11.5 Å². The zero-order chi connectivity index (χ0) is 93.1. The number of ketones is 2. The number of aliphatic hydroxyl groups excluding tert-OH is 2. The molecule has 3 unspecified atom stereocenters. The number of hydrogen-bond donors (Lipinski definition) is 19. The molecule has 21 N–H and O–H groups in total. The Balaban J connectivity index is 1.39. The number of nitrogens with two attached hydrogens (primary N) is 2. The van der Waals surface area contributed by atoms with Crippen LogP contribution in [0.4, 0.5) is 0 Å². The third-order valence-electron chi connectivity index (χ3n) is 21.9. The minimum absolute atomic E-state index is 0.0298. The Labute approximate surface area is 734 Å². The molecule has 1 aromatic heterocycles. The zero-order valence-electron chi connectivity index (χ0n) is 73.7. The summed E-state index contributed by atoms with van der Waals surface area (Å²) in [6.07, 6.45) is 5.36. The van der Waals surface area contributed by atoms with Crippen LogP contribution in [0.3, 0.4) is 0 Å². The first-order valence-corrected chi connectivity index (χ1v) is 43.0. The molecule has 126 heavy (non-hydrogen) atoms. The van der Waals surface area contributed by atoms with Crippen molar-refractivity contribution in [1.82, 2.24) is 74.1 Å². The smallest absolute Gasteiger partial charge is 0.246 e. The number of carbonyl (C=O) groups excluding carboxylic acids is 16. The number of aliphatic hydroxyl groups is 2. The lowest BCUT2D eigenvalue weighted by Crippen LogP contribution is -2.64. The number of benzene rings is 4. The van der Waals surface area contributed by atoms with Gasteiger partial charge in [0.25, 0.3) is 0 Å². The number of fused-ring (bicyclic) bond motifs is 1. The van der Waals surface area contributed by atoms with Gasteiger partial charge in [-0.05, 0) is 152 Å². The molecule has 15 atom stereocenters. The van der Waals surface area contributed by atoms with Gasteiger partial charge >= 0.3 is 0 Å². The molecule has 5 aromatic rings. The molecule has 686 valence electrons. The van der Waals surface area contributed by atoms with Crippen molar-refractivity contribution in [2.75, 3.05) is 13.2 Å². The predicted octanol–water partition coefficient (Wildman–Crippen LogP) is 1.83. The summed E-state index contributed by atoms with van der Waals surface area (Å²) < 4.78 is 0. The molecule has 0 spiro atoms. The second kappa shape index (κ2) is 50.0. The number of amides is 14. The molecular formula is C91H128N16O19. The second-order valence-corrected chi connectivity index (χ2v) is 33.9. The minimum Gasteiger partial charge on any atom is -0.508 e. The summed E-state index contributed by atoms with van der Waals surface area (Å²) in [7, 11) is 0. The molecule has 35 heteroatoms. The number of H-pyrrole nitrogens is 1. The fraction of sp³-hybridized carbons (Fsp3) is 0.516. The predicted molar refractivity (Wildman–Crippen MR) is 470 cm³/mol. The van der Waals surface area contributed by atoms with Crippen molar-refractivity contribution in [3.63, 3.8) is 0 Å². The Morgan fingerprint density at radius 3 is 1.72 bits per heavy atom. The maximum atomic E-state index is 15.3. The highest BCUT2D eigenvalue weighted by atomic mass is 16.3. The summed E-state index contributed by atoms with van der Waals surface area (Å²) in [6.45, 7) is 15.1. The molecule has 2 heterocycles. The zero-order valence-corrected chi connectivity index (χ0v) is 73.7. The molecular weight excluding hydrogens is 1620 g/mol. The summed E-state index contributed by atoms with van der Waals surface area (Å²) in [5.41, 5.74) is 10.2. The Morgan fingerprint density at radius 2 is 1.12 bits per heavy atom. The van der Waals surface area contributed by atoms with E-state index in [1.165, 1.54) is 72.7 Å². The normalized spacial score (nSPS) is 22.1. The number of aromatic amines is 1. The summed E-state index contributed by atoms with van der Waals surface area (Å²) >= 11 is 0. The van der Waals surface area contributed by atoms with Crippen LogP contribution < -0.4 is 80.6 Å². The minimum atomic E-state index is -1.91. The van der Waals surface area contributed by atoms with E-state index in [0.29, 0.717) is 65.3 Å². The first-order chi connectivity index (χ1) is 59.6. The standard InChI is InChI=1S/C91H128N16O19/c1-52(2)43-63-50-95-67(39-40-74(92)112)77(114)76(113)54(5)96-82(119)72(48-62-49-94-66-34-26-25-33-65(62)66)102-83(120)70(47-61-35-37-64(111)38-36-61)101-80(117)56(7)98-88(125)90(10,107-86(123)71(46-60-31-23-20-24-32-60)103-87(124)75(57(8)109)105-84(121)69(44-53(3)4)99-58(9)110)41-27-17-15-13-12-14-16-18-28-42-91(11,106-81(63)118)89(126)104-73(51-108)85(122)97-55(6)79(116)100-68(78(93)115)45-59-29-21-19-22-30-59/h14,16,19-26,29-38,49,52-57,63,67-73,75,94-95,108-109,111H,12-13,15,17-18,27-28,39-48,50-51H2,1-11H3,(H2,92,112)(H2,93,115)(H,96,119)(H,97,122)(H,98,125)(H,99,110)(H,100,116)(H,101,117)(H,102,120)(H,103,124)(H,104,126)(H,105,121)(H,106,118)(H,107,123)/t54-,55-,56?,57+,63+,67-,68?,69-,70-,71-,72-,73?,75-,90+,91-/m0/s1. The number of Topliss-reactive ketones (excluding diaryl/α,β-unsaturated/α-hetero) is 2. The molecule has 4 aromatic carbocycles. The highest BCUT2D eigenvalue weighted by molar-refractivity contribution is 6.41. The summed E-state index contributed by atoms with van der Waals surface area (Å²) in [4.78, 5) is 231. The van der Waals surface area contributed by atoms with Crippen LogP contribution in [0.15, 0.2) is 128 Å². The summed E-state index contributed by atoms with van der Waals surface area (Å²) in [6, 6.07) is 13.5. The van der Waals surface area contributed by atoms with E-state index < -0.39 is 197 Å². The Hall–Kier alpha value is -12.2. The van der Waals surface area contributed by atoms with Gasteiger partial charge in [-0.3, -0.25) is 76.7 Å². The van der Waals surface area contributed by atoms with Gasteiger partial charge in [0.2, 0.25) is 94.3 Å². The van der Waals surface area contributed by atoms with Gasteiger partial charge in [0.1, 0.15) is 71.2 Å². The lowest BCUT2D eigenvalue weighted by Gasteiger charge is -2.33. The fourth-order valence-corrected chi connectivity index (χ4v) is 14.6. The Morgan fingerprint density at radius 1 is 0.540 bits per heavy atom. The van der Waals surface area contributed by atoms with E-state index in [9.17, 15) is 68.1 Å². The van der Waals surface area contributed by atoms with Gasteiger partial charge in [-0.25, -0.2) is 0 Å². The molecule has 1 aliphatic heterocycles. The number of primary amides is 2. The van der Waals surface area contributed by atoms with Gasteiger partial charge in [0.15, 0.2) is 0 Å². The number of nitrogens with one attached hydrogen (secondary N) is 14. The van der Waals surface area contributed by atoms with Crippen LogP contribution in [0.1, 0.15) is 182 Å². The quantitative estimate of drug-likeness (QED) is 0.0222. The van der Waals surface area contributed by atoms with E-state index in [1.54, 1.807) is 91.1 Å². The molecule has 14 amide bonds. The first-order valence-electron chi connectivity index (χ1n) is 43.0. The maximum Gasteiger partial charge on any atom is 0.246 e. The van der Waals surface area contributed by atoms with Crippen LogP contribution in [-0.4, -0.2) is 211 Å². The van der Waals surface area contributed by atoms with Gasteiger partial charge in [0, 0.05) is 62.7 Å². The number of allylic oxidation sites excluding steroid dienone is 2. The number of aromatic hydroxyl groups is 1. The van der Waals surface area contributed by atoms with Gasteiger partial charge < -0.3 is 101 Å². The molecule has 0 fully saturated rings. The monoisotopic (exact) mass is 1750 g/mol. The fourth-order valence-electron chi connectivity index (χ4n) is 14.6. The molecule has 6 rings (SSSR count). The van der Waals surface area contributed by atoms with Crippen LogP contribution in [0.5, 0.6) is 5.75 Å².